The quantitative estimate of drug-likeness (QED) is 0.648. The van der Waals surface area contributed by atoms with Crippen LogP contribution >= 0.6 is 0 Å². The first-order valence-electron chi connectivity index (χ1n) is 6.12. The van der Waals surface area contributed by atoms with Crippen molar-refractivity contribution in [3.8, 4) is 12.3 Å². The van der Waals surface area contributed by atoms with Crippen LogP contribution in [0.5, 0.6) is 0 Å². The molecule has 1 amide bonds. The zero-order valence-electron chi connectivity index (χ0n) is 11.9. The summed E-state index contributed by atoms with van der Waals surface area (Å²) in [4.78, 5) is 15.5. The number of aromatic nitrogens is 1. The maximum absolute atomic E-state index is 13.1. The van der Waals surface area contributed by atoms with Crippen molar-refractivity contribution >= 4 is 11.7 Å². The Morgan fingerprint density at radius 2 is 2.00 bits per heavy atom. The Morgan fingerprint density at radius 3 is 2.52 bits per heavy atom. The van der Waals surface area contributed by atoms with E-state index in [2.05, 4.69) is 21.5 Å². The van der Waals surface area contributed by atoms with E-state index in [1.54, 1.807) is 13.8 Å². The Morgan fingerprint density at radius 1 is 1.38 bits per heavy atom. The van der Waals surface area contributed by atoms with Crippen LogP contribution in [0.3, 0.4) is 0 Å². The lowest BCUT2D eigenvalue weighted by molar-refractivity contribution is 0.0366. The number of rotatable bonds is 5. The molecule has 4 nitrogen and oxygen atoms in total. The number of carbonyl (C=O) groups is 1. The van der Waals surface area contributed by atoms with Crippen LogP contribution in [0.1, 0.15) is 31.1 Å². The highest BCUT2D eigenvalue weighted by Gasteiger charge is 2.24. The molecular formula is C14H16F3N3O. The minimum Gasteiger partial charge on any atom is -0.363 e. The highest BCUT2D eigenvalue weighted by molar-refractivity contribution is 5.99. The standard InChI is InChI=1S/C14H16F3N3O/c1-5-13(2,3)20-12(21)9-6-7-10(15)19-11(9)18-8-14(4,16)17/h1,6-7H,8H2,2-4H3,(H,18,19)(H,20,21). The summed E-state index contributed by atoms with van der Waals surface area (Å²) in [6, 6.07) is 2.12. The van der Waals surface area contributed by atoms with E-state index in [1.165, 1.54) is 0 Å². The number of carbonyl (C=O) groups excluding carboxylic acids is 1. The van der Waals surface area contributed by atoms with E-state index in [-0.39, 0.29) is 11.4 Å². The fourth-order valence-electron chi connectivity index (χ4n) is 1.38. The van der Waals surface area contributed by atoms with Crippen LogP contribution in [0.25, 0.3) is 0 Å². The van der Waals surface area contributed by atoms with Gasteiger partial charge in [0.15, 0.2) is 0 Å². The predicted octanol–water partition coefficient (Wildman–Crippen LogP) is 2.43. The fraction of sp³-hybridized carbons (Fsp3) is 0.429. The van der Waals surface area contributed by atoms with Gasteiger partial charge in [0.05, 0.1) is 17.6 Å². The maximum atomic E-state index is 13.1. The van der Waals surface area contributed by atoms with Crippen LogP contribution in [-0.2, 0) is 0 Å². The van der Waals surface area contributed by atoms with Gasteiger partial charge in [-0.05, 0) is 26.0 Å². The molecule has 0 fully saturated rings. The van der Waals surface area contributed by atoms with E-state index in [1.807, 2.05) is 0 Å². The zero-order valence-corrected chi connectivity index (χ0v) is 11.9. The Labute approximate surface area is 121 Å². The molecule has 1 rings (SSSR count). The van der Waals surface area contributed by atoms with Crippen molar-refractivity contribution in [1.82, 2.24) is 10.3 Å². The van der Waals surface area contributed by atoms with Crippen molar-refractivity contribution in [2.75, 3.05) is 11.9 Å². The Bertz CT molecular complexity index is 574. The molecule has 0 radical (unpaired) electrons. The number of hydrogen-bond acceptors (Lipinski definition) is 3. The average molecular weight is 299 g/mol. The summed E-state index contributed by atoms with van der Waals surface area (Å²) >= 11 is 0. The van der Waals surface area contributed by atoms with Gasteiger partial charge in [-0.1, -0.05) is 5.92 Å². The molecule has 0 aromatic carbocycles. The largest absolute Gasteiger partial charge is 0.363 e. The summed E-state index contributed by atoms with van der Waals surface area (Å²) in [6.07, 6.45) is 5.26. The van der Waals surface area contributed by atoms with Gasteiger partial charge in [-0.15, -0.1) is 6.42 Å². The van der Waals surface area contributed by atoms with E-state index >= 15 is 0 Å². The highest BCUT2D eigenvalue weighted by atomic mass is 19.3. The van der Waals surface area contributed by atoms with Crippen LogP contribution in [0.15, 0.2) is 12.1 Å². The number of anilines is 1. The van der Waals surface area contributed by atoms with Crippen LogP contribution in [0, 0.1) is 18.3 Å². The van der Waals surface area contributed by atoms with Crippen molar-refractivity contribution in [3.05, 3.63) is 23.6 Å². The van der Waals surface area contributed by atoms with E-state index in [4.69, 9.17) is 6.42 Å². The van der Waals surface area contributed by atoms with Crippen molar-refractivity contribution in [3.63, 3.8) is 0 Å². The van der Waals surface area contributed by atoms with Crippen molar-refractivity contribution in [1.29, 1.82) is 0 Å². The molecule has 0 saturated carbocycles. The second-order valence-electron chi connectivity index (χ2n) is 5.18. The van der Waals surface area contributed by atoms with Gasteiger partial charge < -0.3 is 10.6 Å². The van der Waals surface area contributed by atoms with Gasteiger partial charge in [0.25, 0.3) is 11.8 Å². The van der Waals surface area contributed by atoms with Gasteiger partial charge in [0.2, 0.25) is 5.95 Å². The number of nitrogens with zero attached hydrogens (tertiary/aromatic N) is 1. The van der Waals surface area contributed by atoms with E-state index in [9.17, 15) is 18.0 Å². The lowest BCUT2D eigenvalue weighted by atomic mass is 10.1. The number of pyridine rings is 1. The summed E-state index contributed by atoms with van der Waals surface area (Å²) in [5, 5.41) is 4.78. The lowest BCUT2D eigenvalue weighted by Crippen LogP contribution is -2.42. The molecule has 21 heavy (non-hydrogen) atoms. The highest BCUT2D eigenvalue weighted by Crippen LogP contribution is 2.18. The summed E-state index contributed by atoms with van der Waals surface area (Å²) in [5.41, 5.74) is -0.999. The number of alkyl halides is 2. The summed E-state index contributed by atoms with van der Waals surface area (Å²) in [5.74, 6) is -2.44. The first-order valence-corrected chi connectivity index (χ1v) is 6.12. The van der Waals surface area contributed by atoms with Gasteiger partial charge in [-0.25, -0.2) is 13.8 Å². The molecule has 0 aliphatic heterocycles. The predicted molar refractivity (Wildman–Crippen MR) is 73.7 cm³/mol. The topological polar surface area (TPSA) is 54.0 Å². The Balaban J connectivity index is 3.02. The summed E-state index contributed by atoms with van der Waals surface area (Å²) in [6.45, 7) is 3.10. The average Bonchev–Trinajstić information content (AvgIpc) is 2.35. The number of amides is 1. The molecule has 0 spiro atoms. The molecule has 1 aromatic heterocycles. The second-order valence-corrected chi connectivity index (χ2v) is 5.18. The summed E-state index contributed by atoms with van der Waals surface area (Å²) < 4.78 is 38.8. The third-order valence-electron chi connectivity index (χ3n) is 2.46. The van der Waals surface area contributed by atoms with E-state index in [0.29, 0.717) is 6.92 Å². The monoisotopic (exact) mass is 299 g/mol. The van der Waals surface area contributed by atoms with Crippen molar-refractivity contribution < 1.29 is 18.0 Å². The van der Waals surface area contributed by atoms with Crippen molar-refractivity contribution in [2.24, 2.45) is 0 Å². The van der Waals surface area contributed by atoms with Crippen LogP contribution in [0.4, 0.5) is 19.0 Å². The van der Waals surface area contributed by atoms with Gasteiger partial charge in [0.1, 0.15) is 5.82 Å². The van der Waals surface area contributed by atoms with Crippen LogP contribution in [0.2, 0.25) is 0 Å². The molecule has 2 N–H and O–H groups in total. The fourth-order valence-corrected chi connectivity index (χ4v) is 1.38. The summed E-state index contributed by atoms with van der Waals surface area (Å²) in [7, 11) is 0. The smallest absolute Gasteiger partial charge is 0.262 e. The molecule has 0 atom stereocenters. The third kappa shape index (κ3) is 5.34. The molecule has 1 heterocycles. The SMILES string of the molecule is C#CC(C)(C)NC(=O)c1ccc(F)nc1NCC(C)(F)F. The number of terminal acetylenes is 1. The van der Waals surface area contributed by atoms with E-state index in [0.717, 1.165) is 12.1 Å². The molecule has 0 aliphatic rings. The zero-order chi connectivity index (χ0) is 16.3. The van der Waals surface area contributed by atoms with Crippen LogP contribution < -0.4 is 10.6 Å². The van der Waals surface area contributed by atoms with Gasteiger partial charge in [-0.3, -0.25) is 4.79 Å². The first kappa shape index (κ1) is 16.8. The number of hydrogen-bond donors (Lipinski definition) is 2. The molecule has 0 bridgehead atoms. The molecule has 1 aromatic rings. The Hall–Kier alpha value is -2.23. The molecule has 114 valence electrons. The second kappa shape index (κ2) is 6.04. The van der Waals surface area contributed by atoms with Gasteiger partial charge in [0, 0.05) is 6.92 Å². The van der Waals surface area contributed by atoms with Crippen LogP contribution in [-0.4, -0.2) is 28.9 Å². The molecule has 7 heteroatoms. The Kier molecular flexibility index (Phi) is 4.84. The number of halogens is 3. The van der Waals surface area contributed by atoms with E-state index < -0.39 is 29.9 Å². The molecule has 0 aliphatic carbocycles. The maximum Gasteiger partial charge on any atom is 0.262 e. The first-order chi connectivity index (χ1) is 9.54. The third-order valence-corrected chi connectivity index (χ3v) is 2.46. The van der Waals surface area contributed by atoms with Crippen molar-refractivity contribution in [2.45, 2.75) is 32.2 Å². The number of nitrogens with one attached hydrogen (secondary N) is 2. The molecular weight excluding hydrogens is 283 g/mol. The van der Waals surface area contributed by atoms with Gasteiger partial charge in [-0.2, -0.15) is 4.39 Å². The molecule has 0 saturated heterocycles. The molecule has 0 unspecified atom stereocenters. The van der Waals surface area contributed by atoms with Gasteiger partial charge >= 0.3 is 0 Å². The minimum atomic E-state index is -3.03. The normalized spacial score (nSPS) is 11.7. The minimum absolute atomic E-state index is 0.0658. The lowest BCUT2D eigenvalue weighted by Gasteiger charge is -2.21.